The lowest BCUT2D eigenvalue weighted by atomic mass is 9.88. The molecule has 1 aliphatic heterocycles. The van der Waals surface area contributed by atoms with Crippen molar-refractivity contribution in [2.24, 2.45) is 0 Å². The van der Waals surface area contributed by atoms with Crippen molar-refractivity contribution in [3.8, 4) is 11.1 Å². The van der Waals surface area contributed by atoms with Crippen molar-refractivity contribution >= 4 is 17.4 Å². The highest BCUT2D eigenvalue weighted by Crippen LogP contribution is 2.43. The fourth-order valence-corrected chi connectivity index (χ4v) is 4.60. The van der Waals surface area contributed by atoms with Gasteiger partial charge in [0.25, 0.3) is 5.91 Å². The van der Waals surface area contributed by atoms with Crippen molar-refractivity contribution in [2.75, 3.05) is 11.4 Å². The summed E-state index contributed by atoms with van der Waals surface area (Å²) in [4.78, 5) is 28.2. The van der Waals surface area contributed by atoms with Gasteiger partial charge in [-0.2, -0.15) is 0 Å². The molecule has 34 heavy (non-hydrogen) atoms. The van der Waals surface area contributed by atoms with Gasteiger partial charge in [-0.25, -0.2) is 0 Å². The number of carbonyl (C=O) groups excluding carboxylic acids is 2. The molecule has 0 aromatic heterocycles. The summed E-state index contributed by atoms with van der Waals surface area (Å²) in [7, 11) is 0. The summed E-state index contributed by atoms with van der Waals surface area (Å²) in [5.74, 6) is -0.714. The average molecular weight is 448 g/mol. The van der Waals surface area contributed by atoms with E-state index >= 15 is 0 Å². The molecule has 0 spiro atoms. The van der Waals surface area contributed by atoms with Crippen LogP contribution >= 0.6 is 0 Å². The summed E-state index contributed by atoms with van der Waals surface area (Å²) < 4.78 is 0. The normalized spacial score (nSPS) is 17.0. The number of ketones is 1. The molecule has 5 rings (SSSR count). The third kappa shape index (κ3) is 4.04. The lowest BCUT2D eigenvalue weighted by Gasteiger charge is -2.23. The number of hydrogen-bond acceptors (Lipinski definition) is 3. The molecule has 1 heterocycles. The number of fused-ring (bicyclic) bond motifs is 1. The number of hydrogen-bond donors (Lipinski definition) is 1. The van der Waals surface area contributed by atoms with Crippen molar-refractivity contribution < 1.29 is 14.7 Å². The molecule has 0 saturated heterocycles. The Bertz CT molecular complexity index is 1320. The highest BCUT2D eigenvalue weighted by atomic mass is 16.3. The fourth-order valence-electron chi connectivity index (χ4n) is 4.60. The number of anilines is 1. The quantitative estimate of drug-likeness (QED) is 0.386. The van der Waals surface area contributed by atoms with Gasteiger partial charge < -0.3 is 10.0 Å². The second-order valence-corrected chi connectivity index (χ2v) is 8.61. The molecule has 0 radical (unpaired) electrons. The van der Waals surface area contributed by atoms with Crippen molar-refractivity contribution in [3.63, 3.8) is 0 Å². The Labute approximate surface area is 199 Å². The monoisotopic (exact) mass is 447 g/mol. The summed E-state index contributed by atoms with van der Waals surface area (Å²) >= 11 is 0. The topological polar surface area (TPSA) is 57.6 Å². The van der Waals surface area contributed by atoms with Crippen molar-refractivity contribution in [3.05, 3.63) is 126 Å². The van der Waals surface area contributed by atoms with Crippen molar-refractivity contribution in [1.82, 2.24) is 0 Å². The number of aliphatic hydroxyl groups is 1. The first kappa shape index (κ1) is 21.8. The zero-order chi connectivity index (χ0) is 23.5. The van der Waals surface area contributed by atoms with E-state index in [1.807, 2.05) is 84.9 Å². The average Bonchev–Trinajstić information content (AvgIpc) is 3.10. The minimum atomic E-state index is -1.87. The van der Waals surface area contributed by atoms with Crippen LogP contribution in [-0.2, 0) is 16.8 Å². The number of rotatable bonds is 7. The Balaban J connectivity index is 1.37. The number of carbonyl (C=O) groups is 2. The molecule has 4 heteroatoms. The third-order valence-electron chi connectivity index (χ3n) is 6.44. The maximum absolute atomic E-state index is 13.4. The first-order valence-electron chi connectivity index (χ1n) is 11.4. The predicted octanol–water partition coefficient (Wildman–Crippen LogP) is 5.40. The van der Waals surface area contributed by atoms with Crippen LogP contribution in [0.15, 0.2) is 109 Å². The zero-order valence-electron chi connectivity index (χ0n) is 18.7. The Hall–Kier alpha value is -4.02. The molecule has 0 unspecified atom stereocenters. The van der Waals surface area contributed by atoms with E-state index in [9.17, 15) is 14.7 Å². The van der Waals surface area contributed by atoms with E-state index in [1.54, 1.807) is 29.2 Å². The zero-order valence-corrected chi connectivity index (χ0v) is 18.7. The number of para-hydroxylation sites is 1. The van der Waals surface area contributed by atoms with E-state index < -0.39 is 11.5 Å². The van der Waals surface area contributed by atoms with Crippen LogP contribution in [0.5, 0.6) is 0 Å². The molecule has 0 bridgehead atoms. The summed E-state index contributed by atoms with van der Waals surface area (Å²) in [5, 5.41) is 11.5. The number of amides is 1. The van der Waals surface area contributed by atoms with Gasteiger partial charge in [-0.3, -0.25) is 9.59 Å². The number of Topliss-reactive ketones (excluding diaryl/α,β-unsaturated/α-hetero) is 1. The van der Waals surface area contributed by atoms with Gasteiger partial charge in [-0.05, 0) is 29.2 Å². The van der Waals surface area contributed by atoms with E-state index in [2.05, 4.69) is 0 Å². The molecule has 0 fully saturated rings. The Morgan fingerprint density at radius 3 is 2.03 bits per heavy atom. The molecule has 1 amide bonds. The summed E-state index contributed by atoms with van der Waals surface area (Å²) in [6.45, 7) is 0.433. The molecule has 1 aliphatic rings. The van der Waals surface area contributed by atoms with Crippen molar-refractivity contribution in [1.29, 1.82) is 0 Å². The predicted molar refractivity (Wildman–Crippen MR) is 134 cm³/mol. The van der Waals surface area contributed by atoms with Crippen LogP contribution in [0, 0.1) is 0 Å². The van der Waals surface area contributed by atoms with Crippen LogP contribution in [0.3, 0.4) is 0 Å². The first-order chi connectivity index (χ1) is 16.6. The molecule has 4 nitrogen and oxygen atoms in total. The number of nitrogens with zero attached hydrogens (tertiary/aromatic N) is 1. The molecular weight excluding hydrogens is 422 g/mol. The van der Waals surface area contributed by atoms with Crippen LogP contribution in [0.25, 0.3) is 11.1 Å². The van der Waals surface area contributed by atoms with Crippen LogP contribution in [0.4, 0.5) is 5.69 Å². The molecule has 0 aliphatic carbocycles. The summed E-state index contributed by atoms with van der Waals surface area (Å²) in [6.07, 6.45) is 0.362. The first-order valence-corrected chi connectivity index (χ1v) is 11.4. The minimum Gasteiger partial charge on any atom is -0.375 e. The van der Waals surface area contributed by atoms with Gasteiger partial charge in [0, 0.05) is 17.7 Å². The number of benzene rings is 4. The second kappa shape index (κ2) is 9.08. The summed E-state index contributed by atoms with van der Waals surface area (Å²) in [5.41, 5.74) is 2.93. The Kier molecular flexibility index (Phi) is 5.83. The third-order valence-corrected chi connectivity index (χ3v) is 6.44. The van der Waals surface area contributed by atoms with E-state index in [0.717, 1.165) is 16.7 Å². The van der Waals surface area contributed by atoms with Crippen LogP contribution in [0.1, 0.15) is 27.9 Å². The molecule has 0 saturated carbocycles. The second-order valence-electron chi connectivity index (χ2n) is 8.61. The van der Waals surface area contributed by atoms with Gasteiger partial charge in [0.15, 0.2) is 11.4 Å². The van der Waals surface area contributed by atoms with Gasteiger partial charge in [-0.15, -0.1) is 0 Å². The molecule has 4 aromatic carbocycles. The van der Waals surface area contributed by atoms with Crippen LogP contribution in [-0.4, -0.2) is 23.3 Å². The van der Waals surface area contributed by atoms with Gasteiger partial charge in [0.05, 0.1) is 12.1 Å². The lowest BCUT2D eigenvalue weighted by molar-refractivity contribution is -0.135. The molecule has 4 aromatic rings. The van der Waals surface area contributed by atoms with E-state index in [4.69, 9.17) is 0 Å². The molecular formula is C30H25NO3. The van der Waals surface area contributed by atoms with E-state index in [0.29, 0.717) is 29.8 Å². The van der Waals surface area contributed by atoms with E-state index in [-0.39, 0.29) is 12.2 Å². The highest BCUT2D eigenvalue weighted by molar-refractivity contribution is 6.10. The maximum atomic E-state index is 13.4. The maximum Gasteiger partial charge on any atom is 0.264 e. The summed E-state index contributed by atoms with van der Waals surface area (Å²) in [6, 6.07) is 34.3. The van der Waals surface area contributed by atoms with Crippen molar-refractivity contribution in [2.45, 2.75) is 18.4 Å². The van der Waals surface area contributed by atoms with Gasteiger partial charge in [0.1, 0.15) is 0 Å². The van der Waals surface area contributed by atoms with Gasteiger partial charge in [0.2, 0.25) is 0 Å². The van der Waals surface area contributed by atoms with Gasteiger partial charge in [-0.1, -0.05) is 103 Å². The molecule has 168 valence electrons. The minimum absolute atomic E-state index is 0.268. The van der Waals surface area contributed by atoms with Gasteiger partial charge >= 0.3 is 0 Å². The smallest absolute Gasteiger partial charge is 0.264 e. The van der Waals surface area contributed by atoms with Crippen LogP contribution in [0.2, 0.25) is 0 Å². The largest absolute Gasteiger partial charge is 0.375 e. The standard InChI is InChI=1S/C30H25NO3/c32-28(25-17-15-24(16-18-25)23-11-5-2-6-12-23)21-30(34)26-13-7-8-14-27(26)31(29(30)33)20-19-22-9-3-1-4-10-22/h1-18,34H,19-21H2/t30-/m1/s1. The SMILES string of the molecule is O=C(C[C@]1(O)C(=O)N(CCc2ccccc2)c2ccccc21)c1ccc(-c2ccccc2)cc1. The molecule has 1 N–H and O–H groups in total. The van der Waals surface area contributed by atoms with E-state index in [1.165, 1.54) is 0 Å². The Morgan fingerprint density at radius 1 is 0.735 bits per heavy atom. The molecule has 1 atom stereocenters. The Morgan fingerprint density at radius 2 is 1.32 bits per heavy atom. The lowest BCUT2D eigenvalue weighted by Crippen LogP contribution is -2.42. The highest BCUT2D eigenvalue weighted by Gasteiger charge is 2.50. The van der Waals surface area contributed by atoms with Crippen LogP contribution < -0.4 is 4.90 Å². The fraction of sp³-hybridized carbons (Fsp3) is 0.133.